The summed E-state index contributed by atoms with van der Waals surface area (Å²) in [6.45, 7) is 0.595. The van der Waals surface area contributed by atoms with Crippen LogP contribution in [0.3, 0.4) is 0 Å². The maximum atomic E-state index is 8.27. The first-order valence-electron chi connectivity index (χ1n) is 4.94. The van der Waals surface area contributed by atoms with Gasteiger partial charge >= 0.3 is 0 Å². The number of benzene rings is 1. The highest BCUT2D eigenvalue weighted by molar-refractivity contribution is 5.30. The van der Waals surface area contributed by atoms with E-state index in [0.29, 0.717) is 0 Å². The maximum Gasteiger partial charge on any atom is 0.0511 e. The molecule has 0 radical (unpaired) electrons. The zero-order valence-corrected chi connectivity index (χ0v) is 9.38. The highest BCUT2D eigenvalue weighted by Crippen LogP contribution is 2.14. The summed E-state index contributed by atoms with van der Waals surface area (Å²) < 4.78 is 0. The van der Waals surface area contributed by atoms with E-state index in [0.717, 1.165) is 16.7 Å². The van der Waals surface area contributed by atoms with Crippen molar-refractivity contribution in [1.82, 2.24) is 0 Å². The second kappa shape index (κ2) is 7.43. The zero-order chi connectivity index (χ0) is 13.2. The molecule has 0 saturated heterocycles. The third kappa shape index (κ3) is 4.34. The van der Waals surface area contributed by atoms with Crippen LogP contribution in [0.4, 0.5) is 0 Å². The van der Waals surface area contributed by atoms with Crippen molar-refractivity contribution in [1.29, 1.82) is 0 Å². The lowest BCUT2D eigenvalue weighted by Gasteiger charge is -2.05. The predicted octanol–water partition coefficient (Wildman–Crippen LogP) is 4.12. The van der Waals surface area contributed by atoms with E-state index >= 15 is 0 Å². The smallest absolute Gasteiger partial charge is 0.0511 e. The Morgan fingerprint density at radius 3 is 1.17 bits per heavy atom. The third-order valence-electron chi connectivity index (χ3n) is 2.06. The monoisotopic (exact) mass is 243 g/mol. The molecular weight excluding hydrogens is 234 g/mol. The molecule has 9 heteroatoms. The van der Waals surface area contributed by atoms with E-state index in [1.54, 1.807) is 18.2 Å². The highest BCUT2D eigenvalue weighted by Gasteiger charge is 2.00. The molecule has 0 N–H and O–H groups in total. The lowest BCUT2D eigenvalue weighted by molar-refractivity contribution is 0.971. The minimum atomic E-state index is 0.198. The van der Waals surface area contributed by atoms with Gasteiger partial charge in [0.25, 0.3) is 0 Å². The lowest BCUT2D eigenvalue weighted by atomic mass is 10.1. The molecule has 1 rings (SSSR count). The predicted molar refractivity (Wildman–Crippen MR) is 65.0 cm³/mol. The number of nitrogens with zero attached hydrogens (tertiary/aromatic N) is 9. The number of hydrogen-bond acceptors (Lipinski definition) is 3. The number of azide groups is 3. The average molecular weight is 243 g/mol. The van der Waals surface area contributed by atoms with Crippen molar-refractivity contribution in [3.05, 3.63) is 66.2 Å². The van der Waals surface area contributed by atoms with Crippen LogP contribution in [0, 0.1) is 0 Å². The average Bonchev–Trinajstić information content (AvgIpc) is 2.40. The molecule has 9 nitrogen and oxygen atoms in total. The summed E-state index contributed by atoms with van der Waals surface area (Å²) in [4.78, 5) is 8.03. The molecule has 0 heterocycles. The van der Waals surface area contributed by atoms with E-state index in [9.17, 15) is 0 Å². The summed E-state index contributed by atoms with van der Waals surface area (Å²) in [7, 11) is 0. The first kappa shape index (κ1) is 13.2. The summed E-state index contributed by atoms with van der Waals surface area (Å²) in [6, 6.07) is 5.34. The minimum Gasteiger partial charge on any atom is -0.0893 e. The summed E-state index contributed by atoms with van der Waals surface area (Å²) in [5.41, 5.74) is 27.2. The van der Waals surface area contributed by atoms with Crippen molar-refractivity contribution in [2.75, 3.05) is 0 Å². The topological polar surface area (TPSA) is 146 Å². The molecule has 0 spiro atoms. The molecule has 0 bridgehead atoms. The van der Waals surface area contributed by atoms with E-state index in [-0.39, 0.29) is 19.6 Å². The molecule has 0 saturated carbocycles. The van der Waals surface area contributed by atoms with Gasteiger partial charge in [-0.15, -0.1) is 0 Å². The first-order valence-corrected chi connectivity index (χ1v) is 4.94. The molecule has 1 aromatic carbocycles. The summed E-state index contributed by atoms with van der Waals surface area (Å²) in [6.07, 6.45) is 0. The van der Waals surface area contributed by atoms with E-state index in [2.05, 4.69) is 30.1 Å². The van der Waals surface area contributed by atoms with Crippen LogP contribution in [0.5, 0.6) is 0 Å². The second-order valence-electron chi connectivity index (χ2n) is 3.32. The van der Waals surface area contributed by atoms with Crippen LogP contribution < -0.4 is 0 Å². The Labute approximate surface area is 102 Å². The number of hydrogen-bond donors (Lipinski definition) is 0. The van der Waals surface area contributed by atoms with Crippen molar-refractivity contribution in [2.24, 2.45) is 15.3 Å². The van der Waals surface area contributed by atoms with Gasteiger partial charge in [0, 0.05) is 14.7 Å². The molecule has 0 amide bonds. The van der Waals surface area contributed by atoms with Gasteiger partial charge in [-0.3, -0.25) is 0 Å². The van der Waals surface area contributed by atoms with Gasteiger partial charge in [0.1, 0.15) is 0 Å². The van der Waals surface area contributed by atoms with Crippen LogP contribution in [0.15, 0.2) is 33.5 Å². The molecule has 0 atom stereocenters. The first-order chi connectivity index (χ1) is 8.80. The highest BCUT2D eigenvalue weighted by atomic mass is 15.1. The van der Waals surface area contributed by atoms with Crippen molar-refractivity contribution < 1.29 is 0 Å². The normalized spacial score (nSPS) is 8.67. The van der Waals surface area contributed by atoms with Crippen LogP contribution in [-0.4, -0.2) is 0 Å². The minimum absolute atomic E-state index is 0.198. The fraction of sp³-hybridized carbons (Fsp3) is 0.333. The van der Waals surface area contributed by atoms with Crippen LogP contribution in [0.25, 0.3) is 31.3 Å². The van der Waals surface area contributed by atoms with E-state index in [1.807, 2.05) is 0 Å². The van der Waals surface area contributed by atoms with Crippen molar-refractivity contribution in [3.8, 4) is 0 Å². The molecular formula is C9H9N9. The van der Waals surface area contributed by atoms with E-state index in [4.69, 9.17) is 16.6 Å². The van der Waals surface area contributed by atoms with E-state index < -0.39 is 0 Å². The van der Waals surface area contributed by atoms with E-state index in [1.165, 1.54) is 0 Å². The summed E-state index contributed by atoms with van der Waals surface area (Å²) in [5.74, 6) is 0. The molecule has 0 aliphatic rings. The fourth-order valence-corrected chi connectivity index (χ4v) is 1.45. The Balaban J connectivity index is 3.04. The third-order valence-corrected chi connectivity index (χ3v) is 2.06. The standard InChI is InChI=1S/C9H9N9/c10-16-13-4-7-1-8(5-14-17-11)3-9(2-7)6-15-18-12/h1-3H,4-6H2. The molecule has 0 unspecified atom stereocenters. The van der Waals surface area contributed by atoms with Gasteiger partial charge in [0.15, 0.2) is 0 Å². The van der Waals surface area contributed by atoms with Crippen LogP contribution >= 0.6 is 0 Å². The van der Waals surface area contributed by atoms with Gasteiger partial charge < -0.3 is 0 Å². The van der Waals surface area contributed by atoms with Gasteiger partial charge in [0.05, 0.1) is 19.6 Å². The Morgan fingerprint density at radius 1 is 0.667 bits per heavy atom. The van der Waals surface area contributed by atoms with Gasteiger partial charge in [-0.05, 0) is 33.3 Å². The maximum absolute atomic E-state index is 8.27. The largest absolute Gasteiger partial charge is 0.0893 e. The Kier molecular flexibility index (Phi) is 5.45. The second-order valence-corrected chi connectivity index (χ2v) is 3.32. The molecule has 0 aromatic heterocycles. The fourth-order valence-electron chi connectivity index (χ4n) is 1.45. The van der Waals surface area contributed by atoms with Crippen LogP contribution in [0.1, 0.15) is 16.7 Å². The Hall–Kier alpha value is -2.85. The molecule has 18 heavy (non-hydrogen) atoms. The Bertz CT molecular complexity index is 466. The van der Waals surface area contributed by atoms with Gasteiger partial charge in [-0.2, -0.15) is 0 Å². The SMILES string of the molecule is [N-]=[N+]=NCc1cc(CN=[N+]=[N-])cc(CN=[N+]=[N-])c1. The lowest BCUT2D eigenvalue weighted by Crippen LogP contribution is -1.91. The van der Waals surface area contributed by atoms with Crippen LogP contribution in [0.2, 0.25) is 0 Å². The van der Waals surface area contributed by atoms with Gasteiger partial charge in [0.2, 0.25) is 0 Å². The number of rotatable bonds is 6. The van der Waals surface area contributed by atoms with Crippen molar-refractivity contribution in [3.63, 3.8) is 0 Å². The molecule has 0 aliphatic carbocycles. The molecule has 90 valence electrons. The van der Waals surface area contributed by atoms with Crippen molar-refractivity contribution >= 4 is 0 Å². The summed E-state index contributed by atoms with van der Waals surface area (Å²) >= 11 is 0. The zero-order valence-electron chi connectivity index (χ0n) is 9.38. The van der Waals surface area contributed by atoms with Gasteiger partial charge in [-0.1, -0.05) is 33.5 Å². The Morgan fingerprint density at radius 2 is 0.944 bits per heavy atom. The van der Waals surface area contributed by atoms with Crippen LogP contribution in [-0.2, 0) is 19.6 Å². The summed E-state index contributed by atoms with van der Waals surface area (Å²) in [5, 5.41) is 10.4. The quantitative estimate of drug-likeness (QED) is 0.401. The molecule has 0 aliphatic heterocycles. The van der Waals surface area contributed by atoms with Gasteiger partial charge in [-0.25, -0.2) is 0 Å². The molecule has 0 fully saturated rings. The molecule has 1 aromatic rings. The van der Waals surface area contributed by atoms with Crippen molar-refractivity contribution in [2.45, 2.75) is 19.6 Å².